The molecule has 0 spiro atoms. The third-order valence-corrected chi connectivity index (χ3v) is 17.2. The van der Waals surface area contributed by atoms with Crippen LogP contribution in [0.15, 0.2) is 316 Å². The van der Waals surface area contributed by atoms with E-state index >= 15 is 0 Å². The first kappa shape index (κ1) is 106. The summed E-state index contributed by atoms with van der Waals surface area (Å²) in [6, 6.07) is 106. The van der Waals surface area contributed by atoms with Gasteiger partial charge in [0.05, 0.1) is 45.6 Å². The molecule has 12 aromatic heterocycles. The number of benzene rings is 4. The van der Waals surface area contributed by atoms with E-state index in [9.17, 15) is 0 Å². The first-order valence-electron chi connectivity index (χ1n) is 37.9. The molecule has 16 aromatic rings. The number of aromatic nitrogens is 16. The van der Waals surface area contributed by atoms with Crippen LogP contribution in [0, 0.1) is 181 Å². The molecule has 0 aliphatic rings. The van der Waals surface area contributed by atoms with E-state index in [2.05, 4.69) is 80.7 Å². The molecule has 136 heavy (non-hydrogen) atoms. The van der Waals surface area contributed by atoms with Gasteiger partial charge in [-0.3, -0.25) is 39.9 Å². The molecule has 0 N–H and O–H groups in total. The van der Waals surface area contributed by atoms with Crippen LogP contribution in [0.1, 0.15) is 0 Å². The Hall–Kier alpha value is -20.2. The number of nitrogens with zero attached hydrogens (tertiary/aromatic N) is 32. The Morgan fingerprint density at radius 2 is 0.272 bits per heavy atom. The van der Waals surface area contributed by atoms with Crippen molar-refractivity contribution < 1.29 is 68.3 Å². The first-order chi connectivity index (χ1) is 64.8. The number of rotatable bonds is 8. The van der Waals surface area contributed by atoms with Crippen LogP contribution in [0.25, 0.3) is 136 Å². The number of hydrogen-bond acceptors (Lipinski definition) is 28. The van der Waals surface area contributed by atoms with Crippen LogP contribution in [0.2, 0.25) is 0 Å². The molecule has 0 bridgehead atoms. The summed E-state index contributed by atoms with van der Waals surface area (Å²) >= 11 is 0. The van der Waals surface area contributed by atoms with E-state index in [4.69, 9.17) is 84.2 Å². The zero-order valence-corrected chi connectivity index (χ0v) is 73.3. The van der Waals surface area contributed by atoms with Gasteiger partial charge in [0.2, 0.25) is 0 Å². The molecule has 32 nitrogen and oxygen atoms in total. The molecule has 0 radical (unpaired) electrons. The van der Waals surface area contributed by atoms with Gasteiger partial charge in [-0.2, -0.15) is 84.2 Å². The predicted molar refractivity (Wildman–Crippen MR) is 476 cm³/mol. The summed E-state index contributed by atoms with van der Waals surface area (Å²) < 4.78 is 0. The van der Waals surface area contributed by atoms with E-state index in [0.29, 0.717) is 41.7 Å². The van der Waals surface area contributed by atoms with Crippen molar-refractivity contribution >= 4 is 44.6 Å². The fourth-order valence-electron chi connectivity index (χ4n) is 10.7. The molecule has 0 unspecified atom stereocenters. The summed E-state index contributed by atoms with van der Waals surface area (Å²) in [5.74, 6) is 0. The molecule has 16 rings (SSSR count). The fourth-order valence-corrected chi connectivity index (χ4v) is 10.7. The Bertz CT molecular complexity index is 6470. The van der Waals surface area contributed by atoms with Gasteiger partial charge >= 0.3 is 68.3 Å². The normalized spacial score (nSPS) is 8.82. The largest absolute Gasteiger partial charge is 1.00 e. The second-order valence-electron chi connectivity index (χ2n) is 25.3. The van der Waals surface area contributed by atoms with Crippen LogP contribution in [0.3, 0.4) is 0 Å². The summed E-state index contributed by atoms with van der Waals surface area (Å²) in [5, 5.41) is 175. The van der Waals surface area contributed by atoms with Crippen LogP contribution in [-0.4, -0.2) is 60.3 Å². The predicted octanol–water partition coefficient (Wildman–Crippen LogP) is 8.97. The minimum Gasteiger partial charge on any atom is -0.573 e. The second-order valence-corrected chi connectivity index (χ2v) is 25.3. The van der Waals surface area contributed by atoms with Gasteiger partial charge in [-0.15, -0.1) is 0 Å². The van der Waals surface area contributed by atoms with Crippen molar-refractivity contribution in [1.29, 1.82) is 84.2 Å². The van der Waals surface area contributed by atoms with Crippen molar-refractivity contribution in [2.75, 3.05) is 0 Å². The van der Waals surface area contributed by atoms with Gasteiger partial charge in [-0.25, -0.2) is 0 Å². The summed E-state index contributed by atoms with van der Waals surface area (Å²) in [7, 11) is 0. The molecular weight excluding hydrogens is 1900 g/mol. The number of pyridine rings is 8. The maximum absolute atomic E-state index is 8.63. The van der Waals surface area contributed by atoms with Crippen molar-refractivity contribution in [3.05, 3.63) is 358 Å². The zero-order chi connectivity index (χ0) is 93.9. The molecule has 36 heteroatoms. The van der Waals surface area contributed by atoms with Crippen LogP contribution in [-0.2, 0) is 68.3 Å². The maximum atomic E-state index is 8.63. The second kappa shape index (κ2) is 58.2. The quantitative estimate of drug-likeness (QED) is 0.128. The van der Waals surface area contributed by atoms with Crippen molar-refractivity contribution in [1.82, 2.24) is 80.7 Å². The van der Waals surface area contributed by atoms with Crippen LogP contribution in [0.5, 0.6) is 0 Å². The molecular formula is C100H52Cu4N32. The van der Waals surface area contributed by atoms with Gasteiger partial charge in [0.1, 0.15) is 142 Å². The van der Waals surface area contributed by atoms with E-state index in [1.807, 2.05) is 170 Å². The van der Waals surface area contributed by atoms with E-state index in [1.54, 1.807) is 147 Å². The standard InChI is InChI=1S/4C13H9N4.4C12H4N4.4Cu/c4*1-3-7-14-10(5-1)12-9-13(17-16-12)11-6-2-4-8-15-11;4*13-5-11(6-14)9-1-2-10(4-3-9)12(7-15)8-16;;;;/h4*1-9H;4*1-4H;;;;/q4*-1;;;;;4*+1. The van der Waals surface area contributed by atoms with Crippen molar-refractivity contribution in [3.8, 4) is 188 Å². The molecule has 656 valence electrons. The minimum atomic E-state index is 0. The molecule has 4 aromatic carbocycles. The van der Waals surface area contributed by atoms with Crippen LogP contribution < -0.4 is 62.1 Å². The molecule has 12 heterocycles. The molecule has 0 saturated heterocycles. The molecule has 0 fully saturated rings. The topological polar surface area (TPSA) is 592 Å². The van der Waals surface area contributed by atoms with Gasteiger partial charge in [0.15, 0.2) is 0 Å². The van der Waals surface area contributed by atoms with Crippen molar-refractivity contribution in [2.45, 2.75) is 0 Å². The maximum Gasteiger partial charge on any atom is 1.00 e. The summed E-state index contributed by atoms with van der Waals surface area (Å²) in [5.41, 5.74) is 12.7. The van der Waals surface area contributed by atoms with E-state index in [-0.39, 0.29) is 113 Å². The molecule has 0 aliphatic carbocycles. The van der Waals surface area contributed by atoms with Gasteiger partial charge in [0, 0.05) is 114 Å². The van der Waals surface area contributed by atoms with E-state index < -0.39 is 0 Å². The fraction of sp³-hybridized carbons (Fsp3) is 0. The van der Waals surface area contributed by atoms with Gasteiger partial charge in [-0.05, 0) is 121 Å². The van der Waals surface area contributed by atoms with Gasteiger partial charge in [0.25, 0.3) is 0 Å². The Morgan fingerprint density at radius 1 is 0.154 bits per heavy atom. The van der Waals surface area contributed by atoms with Crippen molar-refractivity contribution in [2.24, 2.45) is 0 Å². The molecule has 0 atom stereocenters. The summed E-state index contributed by atoms with van der Waals surface area (Å²) in [4.78, 5) is 33.9. The SMILES string of the molecule is N#CC(C#N)=c1ccc(=C(C#N)C#N)cc1.N#CC(C#N)=c1ccc(=C(C#N)C#N)cc1.N#CC(C#N)=c1ccc(=C(C#N)C#N)cc1.N#CC(C#N)=c1ccc(=C(C#N)C#N)cc1.[Cu+].[Cu+].[Cu+].[Cu+].c1ccc(-c2cc(-c3ccccn3)[n-]n2)nc1.c1ccc(-c2cc(-c3ccccn3)[n-]n2)nc1.c1ccc(-c2cc(-c3ccccn3)[n-]n2)nc1.c1ccc(-c2cc(-c3ccccn3)[n-]n2)nc1. The third-order valence-electron chi connectivity index (χ3n) is 17.2. The Labute approximate surface area is 818 Å². The van der Waals surface area contributed by atoms with E-state index in [0.717, 1.165) is 91.1 Å². The molecule has 0 aliphatic heterocycles. The Kier molecular flexibility index (Phi) is 45.5. The summed E-state index contributed by atoms with van der Waals surface area (Å²) in [6.45, 7) is 0. The Balaban J connectivity index is 0.000000273. The first-order valence-corrected chi connectivity index (χ1v) is 37.9. The average Bonchev–Trinajstić information content (AvgIpc) is 1.73. The minimum absolute atomic E-state index is 0. The van der Waals surface area contributed by atoms with Crippen LogP contribution >= 0.6 is 0 Å². The molecule has 0 amide bonds. The number of nitriles is 16. The molecule has 0 saturated carbocycles. The van der Waals surface area contributed by atoms with Gasteiger partial charge < -0.3 is 40.8 Å². The van der Waals surface area contributed by atoms with E-state index in [1.165, 1.54) is 97.1 Å². The monoisotopic (exact) mass is 1950 g/mol. The van der Waals surface area contributed by atoms with Crippen molar-refractivity contribution in [3.63, 3.8) is 0 Å². The Morgan fingerprint density at radius 3 is 0.375 bits per heavy atom. The smallest absolute Gasteiger partial charge is 0.573 e. The van der Waals surface area contributed by atoms with Crippen LogP contribution in [0.4, 0.5) is 0 Å². The number of hydrogen-bond donors (Lipinski definition) is 0. The van der Waals surface area contributed by atoms with Gasteiger partial charge in [-0.1, -0.05) is 168 Å². The average molecular weight is 1960 g/mol. The summed E-state index contributed by atoms with van der Waals surface area (Å²) in [6.07, 6.45) is 13.9. The third kappa shape index (κ3) is 31.1. The zero-order valence-electron chi connectivity index (χ0n) is 69.5.